The minimum absolute atomic E-state index is 0.232. The van der Waals surface area contributed by atoms with E-state index in [9.17, 15) is 21.2 Å². The van der Waals surface area contributed by atoms with Crippen molar-refractivity contribution in [3.63, 3.8) is 0 Å². The highest BCUT2D eigenvalue weighted by atomic mass is 32.2. The molecule has 0 atom stereocenters. The van der Waals surface area contributed by atoms with Gasteiger partial charge in [-0.15, -0.1) is 0 Å². The zero-order chi connectivity index (χ0) is 21.5. The molecule has 2 N–H and O–H groups in total. The average molecular weight is 445 g/mol. The lowest BCUT2D eigenvalue weighted by Crippen LogP contribution is -2.16. The van der Waals surface area contributed by atoms with Crippen molar-refractivity contribution < 1.29 is 21.2 Å². The Morgan fingerprint density at radius 1 is 0.900 bits per heavy atom. The molecule has 10 heteroatoms. The standard InChI is InChI=1S/C20H16FN3O4S2/c1-29(25,26)18-4-2-3-5-19(18)30(27,28)24-15-10-11-17-16(12-15)20(23-22-17)13-6-8-14(21)9-7-13/h2-12,24H,1H3,(H,22,23). The zero-order valence-corrected chi connectivity index (χ0v) is 17.3. The third kappa shape index (κ3) is 3.79. The summed E-state index contributed by atoms with van der Waals surface area (Å²) in [6.07, 6.45) is 0.952. The zero-order valence-electron chi connectivity index (χ0n) is 15.6. The predicted molar refractivity (Wildman–Crippen MR) is 112 cm³/mol. The van der Waals surface area contributed by atoms with Crippen LogP contribution in [0.15, 0.2) is 76.5 Å². The Bertz CT molecular complexity index is 1460. The first kappa shape index (κ1) is 20.0. The lowest BCUT2D eigenvalue weighted by atomic mass is 10.1. The molecule has 0 fully saturated rings. The Labute approximate surface area is 172 Å². The molecule has 30 heavy (non-hydrogen) atoms. The van der Waals surface area contributed by atoms with E-state index in [-0.39, 0.29) is 21.3 Å². The van der Waals surface area contributed by atoms with Gasteiger partial charge in [0.25, 0.3) is 10.0 Å². The van der Waals surface area contributed by atoms with Crippen LogP contribution in [0.5, 0.6) is 0 Å². The summed E-state index contributed by atoms with van der Waals surface area (Å²) in [6.45, 7) is 0. The molecule has 0 aliphatic heterocycles. The monoisotopic (exact) mass is 445 g/mol. The SMILES string of the molecule is CS(=O)(=O)c1ccccc1S(=O)(=O)Nc1ccc2[nH]nc(-c3ccc(F)cc3)c2c1. The Kier molecular flexibility index (Phi) is 4.83. The molecule has 0 saturated heterocycles. The predicted octanol–water partition coefficient (Wildman–Crippen LogP) is 3.57. The molecule has 0 aliphatic rings. The topological polar surface area (TPSA) is 109 Å². The number of nitrogens with one attached hydrogen (secondary N) is 2. The van der Waals surface area contributed by atoms with Crippen LogP contribution >= 0.6 is 0 Å². The van der Waals surface area contributed by atoms with Crippen LogP contribution in [0.3, 0.4) is 0 Å². The number of hydrogen-bond acceptors (Lipinski definition) is 5. The minimum atomic E-state index is -4.17. The highest BCUT2D eigenvalue weighted by Crippen LogP contribution is 2.30. The second-order valence-electron chi connectivity index (χ2n) is 6.66. The minimum Gasteiger partial charge on any atom is -0.280 e. The summed E-state index contributed by atoms with van der Waals surface area (Å²) in [5.74, 6) is -0.378. The second-order valence-corrected chi connectivity index (χ2v) is 10.3. The molecule has 1 heterocycles. The van der Waals surface area contributed by atoms with Crippen LogP contribution in [-0.2, 0) is 19.9 Å². The van der Waals surface area contributed by atoms with Crippen molar-refractivity contribution in [3.05, 3.63) is 72.5 Å². The summed E-state index contributed by atoms with van der Waals surface area (Å²) in [6, 6.07) is 15.9. The van der Waals surface area contributed by atoms with Crippen molar-refractivity contribution in [1.29, 1.82) is 0 Å². The first-order chi connectivity index (χ1) is 14.1. The number of aromatic nitrogens is 2. The fraction of sp³-hybridized carbons (Fsp3) is 0.0500. The molecule has 0 saturated carbocycles. The van der Waals surface area contributed by atoms with Crippen LogP contribution in [0.2, 0.25) is 0 Å². The molecular weight excluding hydrogens is 429 g/mol. The smallest absolute Gasteiger partial charge is 0.263 e. The summed E-state index contributed by atoms with van der Waals surface area (Å²) in [7, 11) is -7.92. The average Bonchev–Trinajstić information content (AvgIpc) is 3.11. The molecule has 0 spiro atoms. The maximum atomic E-state index is 13.2. The molecule has 4 aromatic rings. The van der Waals surface area contributed by atoms with Crippen LogP contribution in [0.25, 0.3) is 22.2 Å². The van der Waals surface area contributed by atoms with E-state index in [2.05, 4.69) is 14.9 Å². The molecule has 0 amide bonds. The van der Waals surface area contributed by atoms with Gasteiger partial charge in [0.05, 0.1) is 16.1 Å². The lowest BCUT2D eigenvalue weighted by molar-refractivity contribution is 0.588. The molecule has 0 bridgehead atoms. The van der Waals surface area contributed by atoms with Gasteiger partial charge >= 0.3 is 0 Å². The number of rotatable bonds is 5. The number of benzene rings is 3. The third-order valence-corrected chi connectivity index (χ3v) is 7.19. The van der Waals surface area contributed by atoms with Crippen molar-refractivity contribution in [1.82, 2.24) is 10.2 Å². The molecule has 0 radical (unpaired) electrons. The summed E-state index contributed by atoms with van der Waals surface area (Å²) in [4.78, 5) is -0.618. The van der Waals surface area contributed by atoms with E-state index in [4.69, 9.17) is 0 Å². The van der Waals surface area contributed by atoms with Gasteiger partial charge in [-0.25, -0.2) is 21.2 Å². The van der Waals surface area contributed by atoms with Gasteiger partial charge in [-0.3, -0.25) is 9.82 Å². The molecular formula is C20H16FN3O4S2. The molecule has 3 aromatic carbocycles. The van der Waals surface area contributed by atoms with Gasteiger partial charge in [-0.1, -0.05) is 12.1 Å². The van der Waals surface area contributed by atoms with E-state index in [1.165, 1.54) is 42.5 Å². The van der Waals surface area contributed by atoms with Gasteiger partial charge in [0.15, 0.2) is 9.84 Å². The fourth-order valence-corrected chi connectivity index (χ4v) is 5.77. The molecule has 7 nitrogen and oxygen atoms in total. The number of nitrogens with zero attached hydrogens (tertiary/aromatic N) is 1. The maximum Gasteiger partial charge on any atom is 0.263 e. The van der Waals surface area contributed by atoms with Gasteiger partial charge in [-0.05, 0) is 54.6 Å². The van der Waals surface area contributed by atoms with Crippen molar-refractivity contribution >= 4 is 36.5 Å². The van der Waals surface area contributed by atoms with Gasteiger partial charge in [0, 0.05) is 22.9 Å². The summed E-state index contributed by atoms with van der Waals surface area (Å²) in [5, 5.41) is 7.71. The first-order valence-corrected chi connectivity index (χ1v) is 12.1. The normalized spacial score (nSPS) is 12.2. The highest BCUT2D eigenvalue weighted by molar-refractivity contribution is 7.95. The Morgan fingerprint density at radius 3 is 2.23 bits per heavy atom. The number of sulfone groups is 1. The lowest BCUT2D eigenvalue weighted by Gasteiger charge is -2.11. The molecule has 0 aliphatic carbocycles. The maximum absolute atomic E-state index is 13.2. The number of fused-ring (bicyclic) bond motifs is 1. The second kappa shape index (κ2) is 7.22. The van der Waals surface area contributed by atoms with Crippen molar-refractivity contribution in [2.75, 3.05) is 11.0 Å². The van der Waals surface area contributed by atoms with E-state index >= 15 is 0 Å². The van der Waals surface area contributed by atoms with Crippen molar-refractivity contribution in [2.24, 2.45) is 0 Å². The Hall–Kier alpha value is -3.24. The van der Waals surface area contributed by atoms with E-state index in [0.29, 0.717) is 22.2 Å². The van der Waals surface area contributed by atoms with E-state index in [1.807, 2.05) is 0 Å². The van der Waals surface area contributed by atoms with Gasteiger partial charge in [0.2, 0.25) is 0 Å². The van der Waals surface area contributed by atoms with Crippen LogP contribution < -0.4 is 4.72 Å². The van der Waals surface area contributed by atoms with Crippen LogP contribution in [0.4, 0.5) is 10.1 Å². The Morgan fingerprint density at radius 2 is 1.57 bits per heavy atom. The van der Waals surface area contributed by atoms with Gasteiger partial charge < -0.3 is 0 Å². The van der Waals surface area contributed by atoms with Crippen LogP contribution in [0, 0.1) is 5.82 Å². The van der Waals surface area contributed by atoms with Crippen molar-refractivity contribution in [2.45, 2.75) is 9.79 Å². The fourth-order valence-electron chi connectivity index (χ4n) is 3.09. The number of hydrogen-bond donors (Lipinski definition) is 2. The largest absolute Gasteiger partial charge is 0.280 e. The quantitative estimate of drug-likeness (QED) is 0.488. The first-order valence-electron chi connectivity index (χ1n) is 8.71. The van der Waals surface area contributed by atoms with Gasteiger partial charge in [-0.2, -0.15) is 5.10 Å². The van der Waals surface area contributed by atoms with Crippen molar-refractivity contribution in [3.8, 4) is 11.3 Å². The van der Waals surface area contributed by atoms with Gasteiger partial charge in [0.1, 0.15) is 10.7 Å². The van der Waals surface area contributed by atoms with E-state index < -0.39 is 19.9 Å². The molecule has 0 unspecified atom stereocenters. The molecule has 1 aromatic heterocycles. The summed E-state index contributed by atoms with van der Waals surface area (Å²) < 4.78 is 65.4. The molecule has 4 rings (SSSR count). The number of halogens is 1. The van der Waals surface area contributed by atoms with Crippen LogP contribution in [-0.4, -0.2) is 33.3 Å². The van der Waals surface area contributed by atoms with E-state index in [0.717, 1.165) is 6.26 Å². The molecule has 154 valence electrons. The highest BCUT2D eigenvalue weighted by Gasteiger charge is 2.24. The van der Waals surface area contributed by atoms with Crippen LogP contribution in [0.1, 0.15) is 0 Å². The summed E-state index contributed by atoms with van der Waals surface area (Å²) >= 11 is 0. The number of aromatic amines is 1. The third-order valence-electron chi connectivity index (χ3n) is 4.47. The van der Waals surface area contributed by atoms with E-state index in [1.54, 1.807) is 24.3 Å². The summed E-state index contributed by atoms with van der Waals surface area (Å²) in [5.41, 5.74) is 2.08. The number of anilines is 1. The number of H-pyrrole nitrogens is 1. The number of sulfonamides is 1. The Balaban J connectivity index is 1.76.